The first-order chi connectivity index (χ1) is 8.88. The second kappa shape index (κ2) is 8.63. The van der Waals surface area contributed by atoms with Gasteiger partial charge in [0.05, 0.1) is 0 Å². The summed E-state index contributed by atoms with van der Waals surface area (Å²) in [5, 5.41) is 15.9. The van der Waals surface area contributed by atoms with E-state index < -0.39 is 18.0 Å². The van der Waals surface area contributed by atoms with E-state index in [1.807, 2.05) is 0 Å². The summed E-state index contributed by atoms with van der Waals surface area (Å²) in [7, 11) is 3.18. The van der Waals surface area contributed by atoms with Crippen molar-refractivity contribution in [3.63, 3.8) is 0 Å². The number of carbonyl (C=O) groups excluding carboxylic acids is 2. The summed E-state index contributed by atoms with van der Waals surface area (Å²) < 4.78 is 0. The number of terminal acetylenes is 1. The highest BCUT2D eigenvalue weighted by Gasteiger charge is 2.18. The molecule has 8 nitrogen and oxygen atoms in total. The quantitative estimate of drug-likeness (QED) is 0.368. The lowest BCUT2D eigenvalue weighted by molar-refractivity contribution is -0.139. The number of carboxylic acids is 1. The molecule has 0 aliphatic heterocycles. The number of aliphatic carboxylic acids is 1. The Bertz CT molecular complexity index is 375. The minimum Gasteiger partial charge on any atom is -0.480 e. The Morgan fingerprint density at radius 3 is 2.32 bits per heavy atom. The lowest BCUT2D eigenvalue weighted by Gasteiger charge is -2.14. The summed E-state index contributed by atoms with van der Waals surface area (Å²) in [6.45, 7) is 0.408. The zero-order valence-corrected chi connectivity index (χ0v) is 10.9. The molecule has 0 fully saturated rings. The number of rotatable bonds is 6. The predicted octanol–water partition coefficient (Wildman–Crippen LogP) is -0.967. The third-order valence-electron chi connectivity index (χ3n) is 2.02. The van der Waals surface area contributed by atoms with Crippen LogP contribution in [0.4, 0.5) is 9.59 Å². The van der Waals surface area contributed by atoms with Crippen molar-refractivity contribution in [1.82, 2.24) is 20.9 Å². The fourth-order valence-corrected chi connectivity index (χ4v) is 1.03. The van der Waals surface area contributed by atoms with Crippen LogP contribution in [0.1, 0.15) is 6.42 Å². The van der Waals surface area contributed by atoms with Crippen molar-refractivity contribution in [3.05, 3.63) is 0 Å². The monoisotopic (exact) mass is 270 g/mol. The van der Waals surface area contributed by atoms with E-state index in [9.17, 15) is 14.4 Å². The molecule has 0 radical (unpaired) electrons. The molecule has 0 saturated carbocycles. The summed E-state index contributed by atoms with van der Waals surface area (Å²) in [5.41, 5.74) is 0. The van der Waals surface area contributed by atoms with Gasteiger partial charge in [-0.1, -0.05) is 0 Å². The fourth-order valence-electron chi connectivity index (χ4n) is 1.03. The number of nitrogens with zero attached hydrogens (tertiary/aromatic N) is 1. The molecule has 0 aromatic heterocycles. The van der Waals surface area contributed by atoms with Gasteiger partial charge in [0.15, 0.2) is 0 Å². The predicted molar refractivity (Wildman–Crippen MR) is 68.5 cm³/mol. The highest BCUT2D eigenvalue weighted by atomic mass is 16.4. The van der Waals surface area contributed by atoms with Crippen molar-refractivity contribution < 1.29 is 19.5 Å². The molecule has 4 amide bonds. The van der Waals surface area contributed by atoms with Crippen LogP contribution in [0, 0.1) is 12.3 Å². The average Bonchev–Trinajstić information content (AvgIpc) is 2.33. The van der Waals surface area contributed by atoms with Gasteiger partial charge in [0.2, 0.25) is 0 Å². The second-order valence-electron chi connectivity index (χ2n) is 3.83. The molecule has 0 aromatic carbocycles. The van der Waals surface area contributed by atoms with Crippen LogP contribution in [-0.2, 0) is 4.79 Å². The van der Waals surface area contributed by atoms with Crippen LogP contribution in [0.2, 0.25) is 0 Å². The van der Waals surface area contributed by atoms with Crippen LogP contribution in [0.3, 0.4) is 0 Å². The maximum absolute atomic E-state index is 11.3. The van der Waals surface area contributed by atoms with E-state index >= 15 is 0 Å². The number of carbonyl (C=O) groups is 3. The Morgan fingerprint density at radius 2 is 1.84 bits per heavy atom. The van der Waals surface area contributed by atoms with E-state index in [0.29, 0.717) is 0 Å². The zero-order chi connectivity index (χ0) is 14.8. The van der Waals surface area contributed by atoms with Crippen LogP contribution in [0.15, 0.2) is 0 Å². The third-order valence-corrected chi connectivity index (χ3v) is 2.02. The first-order valence-electron chi connectivity index (χ1n) is 5.54. The Labute approximate surface area is 111 Å². The summed E-state index contributed by atoms with van der Waals surface area (Å²) in [6.07, 6.45) is 4.89. The van der Waals surface area contributed by atoms with Gasteiger partial charge in [0, 0.05) is 33.6 Å². The van der Waals surface area contributed by atoms with E-state index in [2.05, 4.69) is 21.9 Å². The van der Waals surface area contributed by atoms with Crippen LogP contribution >= 0.6 is 0 Å². The van der Waals surface area contributed by atoms with Gasteiger partial charge in [-0.3, -0.25) is 0 Å². The number of urea groups is 2. The lowest BCUT2D eigenvalue weighted by atomic mass is 10.2. The molecule has 19 heavy (non-hydrogen) atoms. The molecule has 1 unspecified atom stereocenters. The van der Waals surface area contributed by atoms with Crippen LogP contribution in [0.25, 0.3) is 0 Å². The Balaban J connectivity index is 3.90. The largest absolute Gasteiger partial charge is 0.480 e. The second-order valence-corrected chi connectivity index (χ2v) is 3.83. The van der Waals surface area contributed by atoms with Crippen molar-refractivity contribution >= 4 is 18.0 Å². The highest BCUT2D eigenvalue weighted by molar-refractivity contribution is 5.82. The summed E-state index contributed by atoms with van der Waals surface area (Å²) in [6, 6.07) is -2.05. The molecule has 1 atom stereocenters. The first kappa shape index (κ1) is 16.6. The number of nitrogens with one attached hydrogen (secondary N) is 3. The van der Waals surface area contributed by atoms with Gasteiger partial charge < -0.3 is 26.0 Å². The summed E-state index contributed by atoms with van der Waals surface area (Å²) >= 11 is 0. The third kappa shape index (κ3) is 7.49. The molecular formula is C11H18N4O4. The molecule has 0 rings (SSSR count). The normalized spacial score (nSPS) is 10.8. The van der Waals surface area contributed by atoms with Crippen molar-refractivity contribution in [2.45, 2.75) is 12.5 Å². The van der Waals surface area contributed by atoms with E-state index in [1.54, 1.807) is 14.1 Å². The van der Waals surface area contributed by atoms with Crippen molar-refractivity contribution in [2.75, 3.05) is 27.2 Å². The molecule has 0 heterocycles. The van der Waals surface area contributed by atoms with Crippen molar-refractivity contribution in [1.29, 1.82) is 0 Å². The number of hydrogen-bond donors (Lipinski definition) is 4. The highest BCUT2D eigenvalue weighted by Crippen LogP contribution is 1.90. The maximum Gasteiger partial charge on any atom is 0.327 e. The van der Waals surface area contributed by atoms with E-state index in [4.69, 9.17) is 11.5 Å². The molecule has 0 saturated heterocycles. The molecule has 0 aromatic rings. The Morgan fingerprint density at radius 1 is 1.26 bits per heavy atom. The Hall–Kier alpha value is -2.43. The van der Waals surface area contributed by atoms with Gasteiger partial charge in [-0.2, -0.15) is 0 Å². The van der Waals surface area contributed by atoms with Crippen LogP contribution in [0.5, 0.6) is 0 Å². The molecule has 106 valence electrons. The minimum absolute atomic E-state index is 0.0971. The average molecular weight is 270 g/mol. The minimum atomic E-state index is -1.20. The van der Waals surface area contributed by atoms with Gasteiger partial charge in [-0.25, -0.2) is 14.4 Å². The standard InChI is InChI=1S/C11H18N4O4/c1-4-5-8(9(16)17)14-10(18)12-6-7-13-11(19)15(2)3/h1,8H,5-7H2,2-3H3,(H,13,19)(H,16,17)(H2,12,14,18). The molecule has 0 bridgehead atoms. The molecule has 8 heteroatoms. The van der Waals surface area contributed by atoms with E-state index in [0.717, 1.165) is 0 Å². The topological polar surface area (TPSA) is 111 Å². The maximum atomic E-state index is 11.3. The van der Waals surface area contributed by atoms with Crippen LogP contribution in [-0.4, -0.2) is 61.3 Å². The van der Waals surface area contributed by atoms with Gasteiger partial charge in [0.25, 0.3) is 0 Å². The lowest BCUT2D eigenvalue weighted by Crippen LogP contribution is -2.48. The summed E-state index contributed by atoms with van der Waals surface area (Å²) in [5.74, 6) is 0.963. The van der Waals surface area contributed by atoms with E-state index in [-0.39, 0.29) is 25.5 Å². The fraction of sp³-hybridized carbons (Fsp3) is 0.545. The number of hydrogen-bond acceptors (Lipinski definition) is 3. The molecular weight excluding hydrogens is 252 g/mol. The molecule has 4 N–H and O–H groups in total. The Kier molecular flexibility index (Phi) is 7.53. The SMILES string of the molecule is C#CCC(NC(=O)NCCNC(=O)N(C)C)C(=O)O. The van der Waals surface area contributed by atoms with Crippen molar-refractivity contribution in [2.24, 2.45) is 0 Å². The van der Waals surface area contributed by atoms with Gasteiger partial charge in [-0.05, 0) is 0 Å². The van der Waals surface area contributed by atoms with E-state index in [1.165, 1.54) is 4.90 Å². The first-order valence-corrected chi connectivity index (χ1v) is 5.54. The number of carboxylic acid groups (broad SMARTS) is 1. The van der Waals surface area contributed by atoms with Gasteiger partial charge in [-0.15, -0.1) is 12.3 Å². The van der Waals surface area contributed by atoms with Gasteiger partial charge >= 0.3 is 18.0 Å². The molecule has 0 aliphatic carbocycles. The smallest absolute Gasteiger partial charge is 0.327 e. The van der Waals surface area contributed by atoms with Crippen LogP contribution < -0.4 is 16.0 Å². The number of amides is 4. The molecule has 0 aliphatic rings. The molecule has 0 spiro atoms. The summed E-state index contributed by atoms with van der Waals surface area (Å²) in [4.78, 5) is 34.5. The van der Waals surface area contributed by atoms with Crippen molar-refractivity contribution in [3.8, 4) is 12.3 Å². The van der Waals surface area contributed by atoms with Gasteiger partial charge in [0.1, 0.15) is 6.04 Å². The zero-order valence-electron chi connectivity index (χ0n) is 10.9.